The molecule has 2 heterocycles. The maximum atomic E-state index is 12.9. The van der Waals surface area contributed by atoms with Gasteiger partial charge in [-0.15, -0.1) is 0 Å². The van der Waals surface area contributed by atoms with Crippen molar-refractivity contribution in [1.29, 1.82) is 0 Å². The van der Waals surface area contributed by atoms with Crippen molar-refractivity contribution in [3.63, 3.8) is 0 Å². The molecule has 144 valence electrons. The molecule has 1 N–H and O–H groups in total. The molecule has 7 nitrogen and oxygen atoms in total. The zero-order valence-corrected chi connectivity index (χ0v) is 16.6. The predicted molar refractivity (Wildman–Crippen MR) is 104 cm³/mol. The highest BCUT2D eigenvalue weighted by atomic mass is 32.2. The Kier molecular flexibility index (Phi) is 6.44. The average Bonchev–Trinajstić information content (AvgIpc) is 3.17. The molecule has 0 saturated carbocycles. The van der Waals surface area contributed by atoms with Crippen LogP contribution >= 0.6 is 11.8 Å². The van der Waals surface area contributed by atoms with Gasteiger partial charge in [0.15, 0.2) is 0 Å². The molecule has 0 unspecified atom stereocenters. The van der Waals surface area contributed by atoms with Gasteiger partial charge in [0, 0.05) is 26.2 Å². The van der Waals surface area contributed by atoms with E-state index in [1.807, 2.05) is 12.3 Å². The summed E-state index contributed by atoms with van der Waals surface area (Å²) in [5.41, 5.74) is 1.46. The first-order valence-corrected chi connectivity index (χ1v) is 11.6. The van der Waals surface area contributed by atoms with Crippen molar-refractivity contribution in [3.8, 4) is 0 Å². The Hall–Kier alpha value is -1.29. The third-order valence-electron chi connectivity index (χ3n) is 4.57. The Morgan fingerprint density at radius 2 is 1.88 bits per heavy atom. The third kappa shape index (κ3) is 4.33. The maximum absolute atomic E-state index is 12.9. The molecule has 0 aliphatic carbocycles. The van der Waals surface area contributed by atoms with E-state index in [0.29, 0.717) is 37.7 Å². The fraction of sp³-hybridized carbons (Fsp3) is 0.588. The summed E-state index contributed by atoms with van der Waals surface area (Å²) in [6.07, 6.45) is 4.07. The first-order chi connectivity index (χ1) is 12.5. The number of ether oxygens (including phenoxy) is 1. The number of nitrogens with one attached hydrogen (secondary N) is 1. The number of rotatable bonds is 6. The van der Waals surface area contributed by atoms with Crippen LogP contribution in [0.4, 0.5) is 11.4 Å². The lowest BCUT2D eigenvalue weighted by Crippen LogP contribution is -2.40. The average molecular weight is 400 g/mol. The molecule has 2 aliphatic heterocycles. The Morgan fingerprint density at radius 3 is 2.54 bits per heavy atom. The van der Waals surface area contributed by atoms with Crippen LogP contribution in [0, 0.1) is 0 Å². The summed E-state index contributed by atoms with van der Waals surface area (Å²) in [4.78, 5) is 14.5. The molecule has 1 aromatic rings. The number of morpholine rings is 1. The van der Waals surface area contributed by atoms with Gasteiger partial charge >= 0.3 is 0 Å². The van der Waals surface area contributed by atoms with Gasteiger partial charge in [-0.25, -0.2) is 8.42 Å². The molecular formula is C17H25N3O4S2. The lowest BCUT2D eigenvalue weighted by atomic mass is 10.2. The lowest BCUT2D eigenvalue weighted by Gasteiger charge is -2.27. The van der Waals surface area contributed by atoms with Crippen molar-refractivity contribution >= 4 is 39.1 Å². The van der Waals surface area contributed by atoms with Crippen LogP contribution in [0.15, 0.2) is 23.1 Å². The first kappa shape index (κ1) is 19.5. The molecule has 0 aromatic heterocycles. The quantitative estimate of drug-likeness (QED) is 0.783. The number of anilines is 2. The Bertz CT molecular complexity index is 742. The van der Waals surface area contributed by atoms with Gasteiger partial charge in [-0.2, -0.15) is 16.1 Å². The molecule has 0 spiro atoms. The largest absolute Gasteiger partial charge is 0.379 e. The van der Waals surface area contributed by atoms with E-state index in [1.165, 1.54) is 16.1 Å². The third-order valence-corrected chi connectivity index (χ3v) is 7.02. The minimum Gasteiger partial charge on any atom is -0.379 e. The fourth-order valence-electron chi connectivity index (χ4n) is 3.26. The van der Waals surface area contributed by atoms with Crippen molar-refractivity contribution < 1.29 is 17.9 Å². The molecule has 1 amide bonds. The molecule has 1 aromatic carbocycles. The van der Waals surface area contributed by atoms with Gasteiger partial charge < -0.3 is 15.0 Å². The van der Waals surface area contributed by atoms with Gasteiger partial charge in [0.25, 0.3) is 0 Å². The molecular weight excluding hydrogens is 374 g/mol. The van der Waals surface area contributed by atoms with Crippen molar-refractivity contribution in [2.24, 2.45) is 0 Å². The van der Waals surface area contributed by atoms with Crippen LogP contribution in [0.3, 0.4) is 0 Å². The highest BCUT2D eigenvalue weighted by molar-refractivity contribution is 7.99. The van der Waals surface area contributed by atoms with Crippen LogP contribution < -0.4 is 10.2 Å². The number of hydrogen-bond donors (Lipinski definition) is 1. The minimum atomic E-state index is -3.59. The molecule has 0 atom stereocenters. The number of carbonyl (C=O) groups is 1. The number of amides is 1. The highest BCUT2D eigenvalue weighted by Gasteiger charge is 2.28. The van der Waals surface area contributed by atoms with E-state index < -0.39 is 10.0 Å². The zero-order chi connectivity index (χ0) is 18.6. The summed E-state index contributed by atoms with van der Waals surface area (Å²) in [7, 11) is -3.59. The standard InChI is InChI=1S/C17H25N3O4S2/c1-25-13-17(21)18-15-12-14(4-5-16(15)19-6-2-3-7-19)26(22,23)20-8-10-24-11-9-20/h4-5,12H,2-3,6-11,13H2,1H3,(H,18,21). The second kappa shape index (κ2) is 8.60. The summed E-state index contributed by atoms with van der Waals surface area (Å²) >= 11 is 1.43. The van der Waals surface area contributed by atoms with Crippen molar-refractivity contribution in [1.82, 2.24) is 4.31 Å². The molecule has 3 rings (SSSR count). The predicted octanol–water partition coefficient (Wildman–Crippen LogP) is 1.61. The van der Waals surface area contributed by atoms with Crippen molar-refractivity contribution in [3.05, 3.63) is 18.2 Å². The minimum absolute atomic E-state index is 0.126. The number of sulfonamides is 1. The second-order valence-corrected chi connectivity index (χ2v) is 9.17. The van der Waals surface area contributed by atoms with E-state index in [2.05, 4.69) is 10.2 Å². The van der Waals surface area contributed by atoms with E-state index in [1.54, 1.807) is 12.1 Å². The van der Waals surface area contributed by atoms with Crippen LogP contribution in [-0.2, 0) is 19.6 Å². The molecule has 0 bridgehead atoms. The SMILES string of the molecule is CSCC(=O)Nc1cc(S(=O)(=O)N2CCOCC2)ccc1N1CCCC1. The molecule has 2 aliphatic rings. The number of nitrogens with zero attached hydrogens (tertiary/aromatic N) is 2. The van der Waals surface area contributed by atoms with E-state index in [9.17, 15) is 13.2 Å². The monoisotopic (exact) mass is 399 g/mol. The Morgan fingerprint density at radius 1 is 1.19 bits per heavy atom. The smallest absolute Gasteiger partial charge is 0.243 e. The number of benzene rings is 1. The molecule has 26 heavy (non-hydrogen) atoms. The number of thioether (sulfide) groups is 1. The van der Waals surface area contributed by atoms with Crippen LogP contribution in [-0.4, -0.2) is 70.0 Å². The van der Waals surface area contributed by atoms with Crippen LogP contribution in [0.2, 0.25) is 0 Å². The summed E-state index contributed by atoms with van der Waals surface area (Å²) in [5.74, 6) is 0.207. The molecule has 9 heteroatoms. The van der Waals surface area contributed by atoms with Crippen LogP contribution in [0.5, 0.6) is 0 Å². The molecule has 2 saturated heterocycles. The van der Waals surface area contributed by atoms with Gasteiger partial charge in [0.05, 0.1) is 35.2 Å². The van der Waals surface area contributed by atoms with Crippen LogP contribution in [0.25, 0.3) is 0 Å². The first-order valence-electron chi connectivity index (χ1n) is 8.78. The topological polar surface area (TPSA) is 79.0 Å². The van der Waals surface area contributed by atoms with E-state index in [0.717, 1.165) is 31.6 Å². The fourth-order valence-corrected chi connectivity index (χ4v) is 5.03. The maximum Gasteiger partial charge on any atom is 0.243 e. The van der Waals surface area contributed by atoms with E-state index in [4.69, 9.17) is 4.74 Å². The summed E-state index contributed by atoms with van der Waals surface area (Å²) in [5, 5.41) is 2.89. The number of hydrogen-bond acceptors (Lipinski definition) is 6. The van der Waals surface area contributed by atoms with Gasteiger partial charge in [-0.1, -0.05) is 0 Å². The summed E-state index contributed by atoms with van der Waals surface area (Å²) in [6.45, 7) is 3.35. The van der Waals surface area contributed by atoms with E-state index in [-0.39, 0.29) is 10.8 Å². The molecule has 2 fully saturated rings. The number of carbonyl (C=O) groups excluding carboxylic acids is 1. The van der Waals surface area contributed by atoms with E-state index >= 15 is 0 Å². The van der Waals surface area contributed by atoms with Crippen molar-refractivity contribution in [2.45, 2.75) is 17.7 Å². The lowest BCUT2D eigenvalue weighted by molar-refractivity contribution is -0.113. The summed E-state index contributed by atoms with van der Waals surface area (Å²) < 4.78 is 32.5. The van der Waals surface area contributed by atoms with Gasteiger partial charge in [0.1, 0.15) is 0 Å². The molecule has 0 radical (unpaired) electrons. The van der Waals surface area contributed by atoms with Gasteiger partial charge in [0.2, 0.25) is 15.9 Å². The highest BCUT2D eigenvalue weighted by Crippen LogP contribution is 2.32. The van der Waals surface area contributed by atoms with Crippen LogP contribution in [0.1, 0.15) is 12.8 Å². The Labute approximate surface area is 159 Å². The van der Waals surface area contributed by atoms with Gasteiger partial charge in [-0.05, 0) is 37.3 Å². The second-order valence-electron chi connectivity index (χ2n) is 6.37. The summed E-state index contributed by atoms with van der Waals surface area (Å²) in [6, 6.07) is 5.05. The zero-order valence-electron chi connectivity index (χ0n) is 14.9. The normalized spacial score (nSPS) is 18.9. The Balaban J connectivity index is 1.92. The van der Waals surface area contributed by atoms with Gasteiger partial charge in [-0.3, -0.25) is 4.79 Å². The van der Waals surface area contributed by atoms with Crippen molar-refractivity contribution in [2.75, 3.05) is 61.6 Å².